The SMILES string of the molecule is CCN(CCC(=O)OC)Cc1cccc([N+](=O)[O-])c1C. The summed E-state index contributed by atoms with van der Waals surface area (Å²) in [6.45, 7) is 5.66. The molecule has 110 valence electrons. The van der Waals surface area contributed by atoms with Gasteiger partial charge in [-0.3, -0.25) is 19.8 Å². The van der Waals surface area contributed by atoms with Gasteiger partial charge < -0.3 is 4.74 Å². The van der Waals surface area contributed by atoms with Gasteiger partial charge in [-0.2, -0.15) is 0 Å². The molecule has 0 fully saturated rings. The van der Waals surface area contributed by atoms with Crippen molar-refractivity contribution in [2.45, 2.75) is 26.8 Å². The van der Waals surface area contributed by atoms with Crippen LogP contribution in [0.5, 0.6) is 0 Å². The Morgan fingerprint density at radius 1 is 1.45 bits per heavy atom. The van der Waals surface area contributed by atoms with E-state index in [-0.39, 0.29) is 16.6 Å². The summed E-state index contributed by atoms with van der Waals surface area (Å²) < 4.78 is 4.61. The molecule has 0 amide bonds. The van der Waals surface area contributed by atoms with Gasteiger partial charge in [-0.15, -0.1) is 0 Å². The van der Waals surface area contributed by atoms with Crippen LogP contribution >= 0.6 is 0 Å². The maximum absolute atomic E-state index is 11.2. The third-order valence-corrected chi connectivity index (χ3v) is 3.32. The van der Waals surface area contributed by atoms with Crippen LogP contribution in [0.15, 0.2) is 18.2 Å². The number of esters is 1. The third-order valence-electron chi connectivity index (χ3n) is 3.32. The highest BCUT2D eigenvalue weighted by Gasteiger charge is 2.15. The van der Waals surface area contributed by atoms with Gasteiger partial charge >= 0.3 is 5.97 Å². The molecule has 1 aromatic carbocycles. The van der Waals surface area contributed by atoms with E-state index < -0.39 is 0 Å². The fraction of sp³-hybridized carbons (Fsp3) is 0.500. The van der Waals surface area contributed by atoms with E-state index in [9.17, 15) is 14.9 Å². The van der Waals surface area contributed by atoms with Gasteiger partial charge in [0.2, 0.25) is 0 Å². The van der Waals surface area contributed by atoms with Gasteiger partial charge in [0.15, 0.2) is 0 Å². The summed E-state index contributed by atoms with van der Waals surface area (Å²) >= 11 is 0. The van der Waals surface area contributed by atoms with Crippen LogP contribution in [0.4, 0.5) is 5.69 Å². The van der Waals surface area contributed by atoms with Crippen LogP contribution in [0.1, 0.15) is 24.5 Å². The van der Waals surface area contributed by atoms with Crippen LogP contribution in [-0.2, 0) is 16.1 Å². The van der Waals surface area contributed by atoms with E-state index in [2.05, 4.69) is 9.64 Å². The van der Waals surface area contributed by atoms with Gasteiger partial charge in [0.05, 0.1) is 18.5 Å². The van der Waals surface area contributed by atoms with Gasteiger partial charge in [-0.05, 0) is 19.0 Å². The van der Waals surface area contributed by atoms with E-state index in [1.54, 1.807) is 13.0 Å². The molecule has 0 aliphatic carbocycles. The Hall–Kier alpha value is -1.95. The van der Waals surface area contributed by atoms with Crippen LogP contribution < -0.4 is 0 Å². The molecule has 1 rings (SSSR count). The highest BCUT2D eigenvalue weighted by Crippen LogP contribution is 2.22. The van der Waals surface area contributed by atoms with Crippen molar-refractivity contribution in [2.24, 2.45) is 0 Å². The van der Waals surface area contributed by atoms with Crippen molar-refractivity contribution in [3.63, 3.8) is 0 Å². The molecular weight excluding hydrogens is 260 g/mol. The van der Waals surface area contributed by atoms with E-state index in [4.69, 9.17) is 0 Å². The van der Waals surface area contributed by atoms with Crippen LogP contribution in [-0.4, -0.2) is 36.0 Å². The topological polar surface area (TPSA) is 72.7 Å². The number of hydrogen-bond donors (Lipinski definition) is 0. The number of carbonyl (C=O) groups excluding carboxylic acids is 1. The molecule has 1 aromatic rings. The van der Waals surface area contributed by atoms with E-state index in [1.807, 2.05) is 13.0 Å². The number of rotatable bonds is 7. The molecule has 0 heterocycles. The van der Waals surface area contributed by atoms with Crippen LogP contribution in [0.2, 0.25) is 0 Å². The Kier molecular flexibility index (Phi) is 6.11. The summed E-state index contributed by atoms with van der Waals surface area (Å²) in [4.78, 5) is 23.8. The number of hydrogen-bond acceptors (Lipinski definition) is 5. The smallest absolute Gasteiger partial charge is 0.306 e. The number of nitro benzene ring substituents is 1. The largest absolute Gasteiger partial charge is 0.469 e. The lowest BCUT2D eigenvalue weighted by atomic mass is 10.1. The Bertz CT molecular complexity index is 488. The number of nitrogens with zero attached hydrogens (tertiary/aromatic N) is 2. The van der Waals surface area contributed by atoms with Crippen LogP contribution in [0.3, 0.4) is 0 Å². The normalized spacial score (nSPS) is 10.6. The fourth-order valence-corrected chi connectivity index (χ4v) is 1.98. The maximum Gasteiger partial charge on any atom is 0.306 e. The van der Waals surface area contributed by atoms with E-state index >= 15 is 0 Å². The quantitative estimate of drug-likeness (QED) is 0.435. The minimum atomic E-state index is -0.371. The first kappa shape index (κ1) is 16.1. The van der Waals surface area contributed by atoms with E-state index in [0.717, 1.165) is 12.1 Å². The van der Waals surface area contributed by atoms with Gasteiger partial charge in [-0.25, -0.2) is 0 Å². The number of carbonyl (C=O) groups is 1. The molecule has 20 heavy (non-hydrogen) atoms. The Labute approximate surface area is 118 Å². The molecule has 0 aliphatic rings. The predicted octanol–water partition coefficient (Wildman–Crippen LogP) is 2.29. The molecule has 0 spiro atoms. The third kappa shape index (κ3) is 4.31. The molecule has 0 saturated carbocycles. The van der Waals surface area contributed by atoms with E-state index in [0.29, 0.717) is 25.1 Å². The van der Waals surface area contributed by atoms with E-state index in [1.165, 1.54) is 13.2 Å². The monoisotopic (exact) mass is 280 g/mol. The molecular formula is C14H20N2O4. The van der Waals surface area contributed by atoms with Crippen LogP contribution in [0, 0.1) is 17.0 Å². The minimum absolute atomic E-state index is 0.131. The zero-order chi connectivity index (χ0) is 15.1. The molecule has 6 nitrogen and oxygen atoms in total. The van der Waals surface area contributed by atoms with Crippen molar-refractivity contribution in [2.75, 3.05) is 20.2 Å². The second kappa shape index (κ2) is 7.59. The van der Waals surface area contributed by atoms with Crippen molar-refractivity contribution >= 4 is 11.7 Å². The molecule has 0 atom stereocenters. The summed E-state index contributed by atoms with van der Waals surface area (Å²) in [5.74, 6) is -0.251. The number of nitro groups is 1. The van der Waals surface area contributed by atoms with Crippen LogP contribution in [0.25, 0.3) is 0 Å². The zero-order valence-electron chi connectivity index (χ0n) is 12.1. The van der Waals surface area contributed by atoms with Gasteiger partial charge in [0.1, 0.15) is 0 Å². The summed E-state index contributed by atoms with van der Waals surface area (Å²) in [7, 11) is 1.36. The van der Waals surface area contributed by atoms with Crippen molar-refractivity contribution in [1.82, 2.24) is 4.90 Å². The van der Waals surface area contributed by atoms with Gasteiger partial charge in [0.25, 0.3) is 5.69 Å². The fourth-order valence-electron chi connectivity index (χ4n) is 1.98. The highest BCUT2D eigenvalue weighted by atomic mass is 16.6. The number of methoxy groups -OCH3 is 1. The number of benzene rings is 1. The Morgan fingerprint density at radius 3 is 2.70 bits per heavy atom. The van der Waals surface area contributed by atoms with Crippen molar-refractivity contribution in [1.29, 1.82) is 0 Å². The lowest BCUT2D eigenvalue weighted by Crippen LogP contribution is -2.26. The Balaban J connectivity index is 2.77. The van der Waals surface area contributed by atoms with Gasteiger partial charge in [-0.1, -0.05) is 19.1 Å². The molecule has 0 aromatic heterocycles. The molecule has 0 bridgehead atoms. The first-order valence-electron chi connectivity index (χ1n) is 6.51. The summed E-state index contributed by atoms with van der Waals surface area (Å²) in [5, 5.41) is 10.9. The van der Waals surface area contributed by atoms with Crippen molar-refractivity contribution < 1.29 is 14.5 Å². The second-order valence-electron chi connectivity index (χ2n) is 4.51. The molecule has 0 N–H and O–H groups in total. The summed E-state index contributed by atoms with van der Waals surface area (Å²) in [5.41, 5.74) is 1.71. The average Bonchev–Trinajstić information content (AvgIpc) is 2.44. The first-order valence-corrected chi connectivity index (χ1v) is 6.51. The molecule has 0 saturated heterocycles. The lowest BCUT2D eigenvalue weighted by molar-refractivity contribution is -0.385. The minimum Gasteiger partial charge on any atom is -0.469 e. The molecule has 0 aliphatic heterocycles. The Morgan fingerprint density at radius 2 is 2.15 bits per heavy atom. The first-order chi connectivity index (χ1) is 9.49. The summed E-state index contributed by atoms with van der Waals surface area (Å²) in [6, 6.07) is 5.07. The molecule has 0 radical (unpaired) electrons. The standard InChI is InChI=1S/C14H20N2O4/c1-4-15(9-8-14(17)20-3)10-12-6-5-7-13(11(12)2)16(18)19/h5-7H,4,8-10H2,1-3H3. The van der Waals surface area contributed by atoms with Gasteiger partial charge in [0, 0.05) is 24.7 Å². The highest BCUT2D eigenvalue weighted by molar-refractivity contribution is 5.69. The predicted molar refractivity (Wildman–Crippen MR) is 75.4 cm³/mol. The van der Waals surface area contributed by atoms with Crippen molar-refractivity contribution in [3.05, 3.63) is 39.4 Å². The average molecular weight is 280 g/mol. The lowest BCUT2D eigenvalue weighted by Gasteiger charge is -2.20. The van der Waals surface area contributed by atoms with Crippen molar-refractivity contribution in [3.8, 4) is 0 Å². The summed E-state index contributed by atoms with van der Waals surface area (Å²) in [6.07, 6.45) is 0.318. The second-order valence-corrected chi connectivity index (χ2v) is 4.51. The molecule has 0 unspecified atom stereocenters. The number of ether oxygens (including phenoxy) is 1. The molecule has 6 heteroatoms. The zero-order valence-corrected chi connectivity index (χ0v) is 12.1. The maximum atomic E-state index is 11.2.